The molecule has 2 saturated heterocycles. The van der Waals surface area contributed by atoms with Crippen molar-refractivity contribution in [2.24, 2.45) is 5.92 Å². The molecule has 2 fully saturated rings. The van der Waals surface area contributed by atoms with Crippen molar-refractivity contribution in [1.82, 2.24) is 14.6 Å². The van der Waals surface area contributed by atoms with E-state index in [0.29, 0.717) is 5.46 Å². The molecule has 0 bridgehead atoms. The van der Waals surface area contributed by atoms with E-state index < -0.39 is 34.4 Å². The molecule has 1 aromatic heterocycles. The van der Waals surface area contributed by atoms with E-state index in [1.54, 1.807) is 0 Å². The van der Waals surface area contributed by atoms with Crippen LogP contribution in [0.3, 0.4) is 0 Å². The minimum atomic E-state index is -3.70. The zero-order chi connectivity index (χ0) is 20.0. The maximum Gasteiger partial charge on any atom is 0.496 e. The predicted molar refractivity (Wildman–Crippen MR) is 98.2 cm³/mol. The molecular weight excluding hydrogens is 373 g/mol. The number of aromatic nitrogens is 1. The van der Waals surface area contributed by atoms with Gasteiger partial charge < -0.3 is 19.7 Å². The first kappa shape index (κ1) is 20.1. The lowest BCUT2D eigenvalue weighted by molar-refractivity contribution is 0.00578. The summed E-state index contributed by atoms with van der Waals surface area (Å²) in [7, 11) is -4.39. The number of amides is 1. The van der Waals surface area contributed by atoms with Crippen LogP contribution < -0.4 is 10.8 Å². The first-order valence-electron chi connectivity index (χ1n) is 8.70. The van der Waals surface area contributed by atoms with E-state index >= 15 is 0 Å². The Morgan fingerprint density at radius 2 is 1.89 bits per heavy atom. The molecule has 0 unspecified atom stereocenters. The predicted octanol–water partition coefficient (Wildman–Crippen LogP) is 0.269. The maximum atomic E-state index is 12.8. The molecule has 2 aliphatic rings. The molecule has 0 aliphatic carbocycles. The first-order valence-corrected chi connectivity index (χ1v) is 10.1. The molecule has 3 heterocycles. The van der Waals surface area contributed by atoms with Gasteiger partial charge in [0.2, 0.25) is 10.0 Å². The highest BCUT2D eigenvalue weighted by Gasteiger charge is 2.52. The van der Waals surface area contributed by atoms with Crippen molar-refractivity contribution in [2.75, 3.05) is 19.6 Å². The average Bonchev–Trinajstić information content (AvgIpc) is 2.73. The lowest BCUT2D eigenvalue weighted by Gasteiger charge is -2.37. The summed E-state index contributed by atoms with van der Waals surface area (Å²) >= 11 is 0. The van der Waals surface area contributed by atoms with Gasteiger partial charge >= 0.3 is 13.2 Å². The normalized spacial score (nSPS) is 22.4. The fourth-order valence-corrected chi connectivity index (χ4v) is 4.50. The summed E-state index contributed by atoms with van der Waals surface area (Å²) in [5, 5.41) is 10.9. The van der Waals surface area contributed by atoms with Crippen molar-refractivity contribution in [3.8, 4) is 0 Å². The van der Waals surface area contributed by atoms with Crippen molar-refractivity contribution in [2.45, 2.75) is 43.8 Å². The van der Waals surface area contributed by atoms with E-state index in [9.17, 15) is 13.2 Å². The largest absolute Gasteiger partial charge is 0.496 e. The second kappa shape index (κ2) is 6.73. The summed E-state index contributed by atoms with van der Waals surface area (Å²) in [4.78, 5) is 14.6. The maximum absolute atomic E-state index is 12.8. The van der Waals surface area contributed by atoms with Crippen LogP contribution in [0.2, 0.25) is 0 Å². The van der Waals surface area contributed by atoms with Gasteiger partial charge in [0.15, 0.2) is 0 Å². The van der Waals surface area contributed by atoms with Crippen molar-refractivity contribution in [3.05, 3.63) is 18.5 Å². The molecule has 2 N–H and O–H groups in total. The molecule has 9 nitrogen and oxygen atoms in total. The van der Waals surface area contributed by atoms with Crippen LogP contribution in [0.1, 0.15) is 27.7 Å². The third kappa shape index (κ3) is 3.82. The van der Waals surface area contributed by atoms with Gasteiger partial charge in [0.05, 0.1) is 11.2 Å². The van der Waals surface area contributed by atoms with Crippen LogP contribution in [0, 0.1) is 5.92 Å². The Balaban J connectivity index is 1.72. The molecule has 0 aromatic carbocycles. The van der Waals surface area contributed by atoms with E-state index in [2.05, 4.69) is 10.3 Å². The second-order valence-corrected chi connectivity index (χ2v) is 9.85. The smallest absolute Gasteiger partial charge is 0.465 e. The molecule has 0 spiro atoms. The quantitative estimate of drug-likeness (QED) is 0.685. The number of carboxylic acid groups (broad SMARTS) is 1. The van der Waals surface area contributed by atoms with E-state index in [1.165, 1.54) is 22.8 Å². The molecule has 2 aliphatic heterocycles. The zero-order valence-corrected chi connectivity index (χ0v) is 16.6. The van der Waals surface area contributed by atoms with Crippen LogP contribution in [0.15, 0.2) is 23.4 Å². The average molecular weight is 397 g/mol. The van der Waals surface area contributed by atoms with Gasteiger partial charge in [-0.05, 0) is 33.8 Å². The monoisotopic (exact) mass is 397 g/mol. The summed E-state index contributed by atoms with van der Waals surface area (Å²) in [6.45, 7) is 8.46. The molecule has 0 saturated carbocycles. The molecule has 11 heteroatoms. The summed E-state index contributed by atoms with van der Waals surface area (Å²) < 4.78 is 38.8. The van der Waals surface area contributed by atoms with Gasteiger partial charge in [-0.1, -0.05) is 0 Å². The summed E-state index contributed by atoms with van der Waals surface area (Å²) in [5.74, 6) is -0.0323. The van der Waals surface area contributed by atoms with Crippen LogP contribution in [0.25, 0.3) is 0 Å². The lowest BCUT2D eigenvalue weighted by atomic mass is 9.80. The summed E-state index contributed by atoms with van der Waals surface area (Å²) in [6, 6.07) is 1.52. The Bertz CT molecular complexity index is 822. The molecule has 1 aromatic rings. The van der Waals surface area contributed by atoms with Crippen molar-refractivity contribution >= 4 is 28.7 Å². The Labute approximate surface area is 159 Å². The Morgan fingerprint density at radius 3 is 2.44 bits per heavy atom. The number of nitrogens with zero attached hydrogens (tertiary/aromatic N) is 2. The SMILES string of the molecule is CC1(C)OB(c2cncc(S(=O)(=O)N3CC(CNC(=O)O)C3)c2)OC1(C)C. The third-order valence-electron chi connectivity index (χ3n) is 5.36. The van der Waals surface area contributed by atoms with Crippen molar-refractivity contribution in [1.29, 1.82) is 0 Å². The van der Waals surface area contributed by atoms with Crippen LogP contribution in [0.4, 0.5) is 4.79 Å². The minimum Gasteiger partial charge on any atom is -0.465 e. The number of hydrogen-bond acceptors (Lipinski definition) is 6. The lowest BCUT2D eigenvalue weighted by Crippen LogP contribution is -2.53. The fourth-order valence-electron chi connectivity index (χ4n) is 2.91. The van der Waals surface area contributed by atoms with E-state index in [0.717, 1.165) is 0 Å². The van der Waals surface area contributed by atoms with Gasteiger partial charge in [-0.15, -0.1) is 0 Å². The highest BCUT2D eigenvalue weighted by molar-refractivity contribution is 7.89. The molecule has 27 heavy (non-hydrogen) atoms. The minimum absolute atomic E-state index is 0.0323. The van der Waals surface area contributed by atoms with Gasteiger partial charge in [0.1, 0.15) is 4.90 Å². The van der Waals surface area contributed by atoms with Crippen LogP contribution in [-0.2, 0) is 19.3 Å². The topological polar surface area (TPSA) is 118 Å². The van der Waals surface area contributed by atoms with Gasteiger partial charge in [0, 0.05) is 43.4 Å². The Morgan fingerprint density at radius 1 is 1.30 bits per heavy atom. The molecule has 0 radical (unpaired) electrons. The molecule has 3 rings (SSSR count). The van der Waals surface area contributed by atoms with Crippen LogP contribution in [-0.4, -0.2) is 66.9 Å². The fraction of sp³-hybridized carbons (Fsp3) is 0.625. The number of nitrogens with one attached hydrogen (secondary N) is 1. The highest BCUT2D eigenvalue weighted by Crippen LogP contribution is 2.36. The first-order chi connectivity index (χ1) is 12.4. The molecule has 0 atom stereocenters. The molecule has 148 valence electrons. The van der Waals surface area contributed by atoms with Gasteiger partial charge in [-0.3, -0.25) is 4.98 Å². The number of sulfonamides is 1. The van der Waals surface area contributed by atoms with Gasteiger partial charge in [-0.2, -0.15) is 4.31 Å². The highest BCUT2D eigenvalue weighted by atomic mass is 32.2. The second-order valence-electron chi connectivity index (χ2n) is 7.92. The van der Waals surface area contributed by atoms with Crippen LogP contribution in [0.5, 0.6) is 0 Å². The molecule has 1 amide bonds. The van der Waals surface area contributed by atoms with Gasteiger partial charge in [0.25, 0.3) is 0 Å². The zero-order valence-electron chi connectivity index (χ0n) is 15.8. The third-order valence-corrected chi connectivity index (χ3v) is 7.16. The summed E-state index contributed by atoms with van der Waals surface area (Å²) in [6.07, 6.45) is 1.72. The Kier molecular flexibility index (Phi) is 5.00. The molecular formula is C16H24BN3O6S. The summed E-state index contributed by atoms with van der Waals surface area (Å²) in [5.41, 5.74) is -0.526. The standard InChI is InChI=1S/C16H24BN3O6S/c1-15(2)16(3,4)26-17(25-15)12-5-13(8-18-7-12)27(23,24)20-9-11(10-20)6-19-14(21)22/h5,7-8,11,19H,6,9-10H2,1-4H3,(H,21,22). The van der Waals surface area contributed by atoms with Crippen molar-refractivity contribution < 1.29 is 27.6 Å². The van der Waals surface area contributed by atoms with E-state index in [4.69, 9.17) is 14.4 Å². The number of hydrogen-bond donors (Lipinski definition) is 2. The van der Waals surface area contributed by atoms with E-state index in [-0.39, 0.29) is 30.4 Å². The van der Waals surface area contributed by atoms with E-state index in [1.807, 2.05) is 27.7 Å². The van der Waals surface area contributed by atoms with Crippen molar-refractivity contribution in [3.63, 3.8) is 0 Å². The number of carbonyl (C=O) groups is 1. The van der Waals surface area contributed by atoms with Gasteiger partial charge in [-0.25, -0.2) is 13.2 Å². The number of pyridine rings is 1. The number of rotatable bonds is 5. The Hall–Kier alpha value is -1.69. The van der Waals surface area contributed by atoms with Crippen LogP contribution >= 0.6 is 0 Å².